The molecule has 1 aromatic heterocycles. The summed E-state index contributed by atoms with van der Waals surface area (Å²) in [6.07, 6.45) is 0.503. The van der Waals surface area contributed by atoms with Gasteiger partial charge in [-0.3, -0.25) is 24.6 Å². The maximum Gasteiger partial charge on any atom is 0.343 e. The smallest absolute Gasteiger partial charge is 0.295 e. The highest BCUT2D eigenvalue weighted by Gasteiger charge is 2.29. The molecule has 1 fully saturated rings. The summed E-state index contributed by atoms with van der Waals surface area (Å²) in [6.45, 7) is 0. The highest BCUT2D eigenvalue weighted by molar-refractivity contribution is 7.71. The zero-order chi connectivity index (χ0) is 11.0. The lowest BCUT2D eigenvalue weighted by molar-refractivity contribution is -0.135. The number of amides is 2. The fraction of sp³-hybridized carbons (Fsp3) is 0.429. The first-order valence-electron chi connectivity index (χ1n) is 4.32. The van der Waals surface area contributed by atoms with Crippen LogP contribution in [-0.4, -0.2) is 26.6 Å². The van der Waals surface area contributed by atoms with Crippen molar-refractivity contribution in [1.29, 1.82) is 0 Å². The zero-order valence-corrected chi connectivity index (χ0v) is 8.39. The van der Waals surface area contributed by atoms with Crippen molar-refractivity contribution < 1.29 is 9.59 Å². The van der Waals surface area contributed by atoms with Gasteiger partial charge in [0.25, 0.3) is 0 Å². The van der Waals surface area contributed by atoms with Crippen LogP contribution >= 0.6 is 12.2 Å². The molecule has 7 nitrogen and oxygen atoms in total. The molecule has 3 N–H and O–H groups in total. The summed E-state index contributed by atoms with van der Waals surface area (Å²) in [4.78, 5) is 33.7. The van der Waals surface area contributed by atoms with Crippen molar-refractivity contribution in [2.24, 2.45) is 0 Å². The van der Waals surface area contributed by atoms with Crippen LogP contribution < -0.4 is 11.0 Å². The van der Waals surface area contributed by atoms with Gasteiger partial charge in [-0.15, -0.1) is 0 Å². The third-order valence-corrected chi connectivity index (χ3v) is 2.53. The van der Waals surface area contributed by atoms with Crippen LogP contribution in [0, 0.1) is 4.77 Å². The second-order valence-corrected chi connectivity index (χ2v) is 3.58. The molecule has 0 radical (unpaired) electrons. The van der Waals surface area contributed by atoms with E-state index < -0.39 is 17.6 Å². The number of hydrogen-bond donors (Lipinski definition) is 3. The molecule has 0 saturated carbocycles. The first-order valence-corrected chi connectivity index (χ1v) is 4.73. The third kappa shape index (κ3) is 1.63. The van der Waals surface area contributed by atoms with E-state index in [2.05, 4.69) is 15.5 Å². The number of aromatic amines is 2. The largest absolute Gasteiger partial charge is 0.343 e. The Morgan fingerprint density at radius 3 is 2.53 bits per heavy atom. The second kappa shape index (κ2) is 3.46. The quantitative estimate of drug-likeness (QED) is 0.433. The molecular weight excluding hydrogens is 220 g/mol. The summed E-state index contributed by atoms with van der Waals surface area (Å²) >= 11 is 4.85. The maximum absolute atomic E-state index is 11.4. The predicted molar refractivity (Wildman–Crippen MR) is 51.7 cm³/mol. The molecule has 1 aliphatic heterocycles. The summed E-state index contributed by atoms with van der Waals surface area (Å²) in [5, 5.41) is 6.88. The first-order chi connectivity index (χ1) is 7.09. The van der Waals surface area contributed by atoms with Crippen molar-refractivity contribution in [3.63, 3.8) is 0 Å². The minimum Gasteiger partial charge on any atom is -0.295 e. The van der Waals surface area contributed by atoms with Gasteiger partial charge in [-0.1, -0.05) is 0 Å². The van der Waals surface area contributed by atoms with Crippen molar-refractivity contribution in [1.82, 2.24) is 20.1 Å². The molecule has 15 heavy (non-hydrogen) atoms. The van der Waals surface area contributed by atoms with E-state index in [0.29, 0.717) is 6.42 Å². The van der Waals surface area contributed by atoms with Gasteiger partial charge in [0.05, 0.1) is 0 Å². The predicted octanol–water partition coefficient (Wildman–Crippen LogP) is -0.788. The summed E-state index contributed by atoms with van der Waals surface area (Å²) in [7, 11) is 0. The van der Waals surface area contributed by atoms with Gasteiger partial charge < -0.3 is 0 Å². The van der Waals surface area contributed by atoms with E-state index in [0.717, 1.165) is 4.57 Å². The molecule has 1 saturated heterocycles. The Balaban J connectivity index is 2.40. The van der Waals surface area contributed by atoms with Crippen molar-refractivity contribution in [2.75, 3.05) is 0 Å². The SMILES string of the molecule is O=C1CCC(n2c(=O)[nH][nH]c2=S)C(=O)N1. The molecule has 1 atom stereocenters. The Hall–Kier alpha value is -1.70. The van der Waals surface area contributed by atoms with Crippen molar-refractivity contribution in [2.45, 2.75) is 18.9 Å². The van der Waals surface area contributed by atoms with E-state index in [9.17, 15) is 14.4 Å². The summed E-state index contributed by atoms with van der Waals surface area (Å²) < 4.78 is 1.28. The van der Waals surface area contributed by atoms with Crippen LogP contribution in [0.25, 0.3) is 0 Å². The zero-order valence-electron chi connectivity index (χ0n) is 7.57. The molecule has 0 bridgehead atoms. The van der Waals surface area contributed by atoms with E-state index in [1.54, 1.807) is 0 Å². The number of carbonyl (C=O) groups excluding carboxylic acids is 2. The Bertz CT molecular complexity index is 497. The van der Waals surface area contributed by atoms with Gasteiger partial charge in [-0.2, -0.15) is 0 Å². The fourth-order valence-corrected chi connectivity index (χ4v) is 1.79. The van der Waals surface area contributed by atoms with Crippen LogP contribution in [-0.2, 0) is 9.59 Å². The van der Waals surface area contributed by atoms with Crippen LogP contribution in [0.2, 0.25) is 0 Å². The van der Waals surface area contributed by atoms with Gasteiger partial charge in [0.1, 0.15) is 6.04 Å². The number of piperidine rings is 1. The molecule has 8 heteroatoms. The van der Waals surface area contributed by atoms with E-state index in [-0.39, 0.29) is 17.1 Å². The second-order valence-electron chi connectivity index (χ2n) is 3.20. The van der Waals surface area contributed by atoms with Crippen LogP contribution in [0.15, 0.2) is 4.79 Å². The lowest BCUT2D eigenvalue weighted by Crippen LogP contribution is -2.44. The number of nitrogens with zero attached hydrogens (tertiary/aromatic N) is 1. The maximum atomic E-state index is 11.4. The van der Waals surface area contributed by atoms with E-state index in [1.807, 2.05) is 0 Å². The molecule has 0 aliphatic carbocycles. The molecule has 0 aromatic carbocycles. The fourth-order valence-electron chi connectivity index (χ4n) is 1.53. The highest BCUT2D eigenvalue weighted by Crippen LogP contribution is 2.16. The summed E-state index contributed by atoms with van der Waals surface area (Å²) in [5.74, 6) is -0.817. The molecule has 2 amide bonds. The number of H-pyrrole nitrogens is 2. The Kier molecular flexibility index (Phi) is 2.27. The molecule has 1 aliphatic rings. The van der Waals surface area contributed by atoms with E-state index in [1.165, 1.54) is 0 Å². The van der Waals surface area contributed by atoms with Gasteiger partial charge in [0.2, 0.25) is 11.8 Å². The minimum absolute atomic E-state index is 0.148. The Labute approximate surface area is 88.5 Å². The van der Waals surface area contributed by atoms with Crippen LogP contribution in [0.5, 0.6) is 0 Å². The average Bonchev–Trinajstić information content (AvgIpc) is 2.48. The van der Waals surface area contributed by atoms with Gasteiger partial charge >= 0.3 is 5.69 Å². The van der Waals surface area contributed by atoms with E-state index in [4.69, 9.17) is 12.2 Å². The molecule has 0 spiro atoms. The Morgan fingerprint density at radius 2 is 2.00 bits per heavy atom. The molecule has 2 rings (SSSR count). The third-order valence-electron chi connectivity index (χ3n) is 2.24. The van der Waals surface area contributed by atoms with Crippen LogP contribution in [0.3, 0.4) is 0 Å². The number of rotatable bonds is 1. The minimum atomic E-state index is -0.704. The van der Waals surface area contributed by atoms with Gasteiger partial charge in [-0.25, -0.2) is 9.89 Å². The molecule has 1 aromatic rings. The summed E-state index contributed by atoms with van der Waals surface area (Å²) in [5.41, 5.74) is -0.477. The van der Waals surface area contributed by atoms with Crippen molar-refractivity contribution in [3.05, 3.63) is 15.3 Å². The number of imide groups is 1. The highest BCUT2D eigenvalue weighted by atomic mass is 32.1. The topological polar surface area (TPSA) is 99.8 Å². The lowest BCUT2D eigenvalue weighted by atomic mass is 10.1. The van der Waals surface area contributed by atoms with Crippen molar-refractivity contribution >= 4 is 24.0 Å². The van der Waals surface area contributed by atoms with Crippen molar-refractivity contribution in [3.8, 4) is 0 Å². The molecule has 1 unspecified atom stereocenters. The molecule has 80 valence electrons. The molecule has 2 heterocycles. The number of hydrogen-bond acceptors (Lipinski definition) is 4. The Morgan fingerprint density at radius 1 is 1.27 bits per heavy atom. The van der Waals surface area contributed by atoms with Gasteiger partial charge in [0, 0.05) is 6.42 Å². The first kappa shape index (κ1) is 9.84. The van der Waals surface area contributed by atoms with E-state index >= 15 is 0 Å². The number of nitrogens with one attached hydrogen (secondary N) is 3. The van der Waals surface area contributed by atoms with Crippen LogP contribution in [0.4, 0.5) is 0 Å². The average molecular weight is 228 g/mol. The van der Waals surface area contributed by atoms with Gasteiger partial charge in [-0.05, 0) is 18.6 Å². The standard InChI is InChI=1S/C7H8N4O3S/c12-4-2-1-3(5(13)8-4)11-6(14)9-10-7(11)15/h3H,1-2H2,(H,9,14)(H,10,15)(H,8,12,13). The number of carbonyl (C=O) groups is 2. The lowest BCUT2D eigenvalue weighted by Gasteiger charge is -2.20. The summed E-state index contributed by atoms with van der Waals surface area (Å²) in [6, 6.07) is -0.704. The van der Waals surface area contributed by atoms with Crippen LogP contribution in [0.1, 0.15) is 18.9 Å². The number of aromatic nitrogens is 3. The molecular formula is C7H8N4O3S. The monoisotopic (exact) mass is 228 g/mol. The van der Waals surface area contributed by atoms with Gasteiger partial charge in [0.15, 0.2) is 4.77 Å². The normalized spacial score (nSPS) is 21.5.